The Kier molecular flexibility index (Phi) is 6.75. The lowest BCUT2D eigenvalue weighted by atomic mass is 9.90. The Morgan fingerprint density at radius 3 is 2.74 bits per heavy atom. The number of benzene rings is 3. The second-order valence-electron chi connectivity index (χ2n) is 10.1. The fourth-order valence-corrected chi connectivity index (χ4v) is 7.21. The molecule has 11 heteroatoms. The molecule has 3 aliphatic heterocycles. The third-order valence-corrected chi connectivity index (χ3v) is 9.04. The molecule has 0 saturated carbocycles. The van der Waals surface area contributed by atoms with Crippen molar-refractivity contribution in [3.8, 4) is 5.75 Å². The van der Waals surface area contributed by atoms with Gasteiger partial charge in [-0.1, -0.05) is 54.6 Å². The average Bonchev–Trinajstić information content (AvgIpc) is 3.19. The van der Waals surface area contributed by atoms with E-state index in [1.54, 1.807) is 27.5 Å². The van der Waals surface area contributed by atoms with Crippen molar-refractivity contribution in [3.05, 3.63) is 106 Å². The number of hydrogen-bond acceptors (Lipinski definition) is 9. The zero-order valence-corrected chi connectivity index (χ0v) is 23.5. The van der Waals surface area contributed by atoms with E-state index in [2.05, 4.69) is 52.2 Å². The number of nitrogens with zero attached hydrogens (tertiary/aromatic N) is 3. The highest BCUT2D eigenvalue weighted by Gasteiger charge is 2.46. The smallest absolute Gasteiger partial charge is 0.451 e. The number of aromatic nitrogens is 1. The van der Waals surface area contributed by atoms with E-state index in [9.17, 15) is 14.4 Å². The molecule has 0 unspecified atom stereocenters. The fourth-order valence-electron chi connectivity index (χ4n) is 6.06. The van der Waals surface area contributed by atoms with Crippen LogP contribution in [0.4, 0.5) is 4.79 Å². The minimum absolute atomic E-state index is 0.0610. The van der Waals surface area contributed by atoms with Gasteiger partial charge in [-0.25, -0.2) is 4.79 Å². The predicted octanol–water partition coefficient (Wildman–Crippen LogP) is 4.27. The number of methoxy groups -OCH3 is 1. The van der Waals surface area contributed by atoms with Crippen molar-refractivity contribution in [2.45, 2.75) is 22.9 Å². The van der Waals surface area contributed by atoms with Crippen LogP contribution in [0.25, 0.3) is 10.8 Å². The summed E-state index contributed by atoms with van der Waals surface area (Å²) in [6.45, 7) is 0.409. The molecule has 0 spiro atoms. The lowest BCUT2D eigenvalue weighted by Gasteiger charge is -2.51. The maximum absolute atomic E-state index is 14.0. The number of thioether (sulfide) groups is 1. The number of pyridine rings is 1. The van der Waals surface area contributed by atoms with Gasteiger partial charge in [0.15, 0.2) is 5.69 Å². The van der Waals surface area contributed by atoms with Crippen LogP contribution in [-0.2, 0) is 20.0 Å². The van der Waals surface area contributed by atoms with E-state index in [0.29, 0.717) is 13.2 Å². The van der Waals surface area contributed by atoms with E-state index in [-0.39, 0.29) is 30.0 Å². The van der Waals surface area contributed by atoms with E-state index < -0.39 is 24.5 Å². The number of fused-ring (bicyclic) bond motifs is 6. The first-order valence-corrected chi connectivity index (χ1v) is 14.5. The van der Waals surface area contributed by atoms with Crippen LogP contribution in [0.3, 0.4) is 0 Å². The minimum Gasteiger partial charge on any atom is -0.451 e. The van der Waals surface area contributed by atoms with Gasteiger partial charge in [-0.2, -0.15) is 0 Å². The molecule has 3 aromatic carbocycles. The van der Waals surface area contributed by atoms with Crippen molar-refractivity contribution >= 4 is 34.6 Å². The Morgan fingerprint density at radius 1 is 1.02 bits per heavy atom. The molecule has 1 saturated heterocycles. The van der Waals surface area contributed by atoms with Crippen LogP contribution >= 0.6 is 11.8 Å². The monoisotopic (exact) mass is 585 g/mol. The molecular weight excluding hydrogens is 558 g/mol. The number of carbonyl (C=O) groups is 2. The minimum atomic E-state index is -0.961. The molecule has 4 aromatic rings. The van der Waals surface area contributed by atoms with Crippen LogP contribution in [0.5, 0.6) is 5.75 Å². The Morgan fingerprint density at radius 2 is 1.86 bits per heavy atom. The zero-order chi connectivity index (χ0) is 28.8. The Hall–Kier alpha value is -4.48. The summed E-state index contributed by atoms with van der Waals surface area (Å²) in [6.07, 6.45) is 0.190. The van der Waals surface area contributed by atoms with Crippen molar-refractivity contribution in [2.24, 2.45) is 0 Å². The van der Waals surface area contributed by atoms with Gasteiger partial charge in [-0.05, 0) is 33.5 Å². The molecule has 4 heterocycles. The van der Waals surface area contributed by atoms with Crippen molar-refractivity contribution in [1.29, 1.82) is 0 Å². The molecule has 214 valence electrons. The molecule has 0 bridgehead atoms. The second-order valence-corrected chi connectivity index (χ2v) is 11.1. The average molecular weight is 586 g/mol. The molecule has 7 rings (SSSR count). The second kappa shape index (κ2) is 10.7. The lowest BCUT2D eigenvalue weighted by Crippen LogP contribution is -2.66. The Labute approximate surface area is 245 Å². The fraction of sp³-hybridized carbons (Fsp3) is 0.258. The van der Waals surface area contributed by atoms with Gasteiger partial charge in [-0.3, -0.25) is 19.3 Å². The lowest BCUT2D eigenvalue weighted by molar-refractivity contribution is -0.0209. The van der Waals surface area contributed by atoms with Crippen LogP contribution in [0, 0.1) is 0 Å². The number of morpholine rings is 1. The van der Waals surface area contributed by atoms with E-state index >= 15 is 0 Å². The molecule has 10 nitrogen and oxygen atoms in total. The molecule has 2 atom stereocenters. The van der Waals surface area contributed by atoms with Crippen LogP contribution in [-0.4, -0.2) is 61.5 Å². The maximum atomic E-state index is 14.0. The normalized spacial score (nSPS) is 19.2. The number of ether oxygens (including phenoxy) is 4. The number of rotatable bonds is 4. The van der Waals surface area contributed by atoms with Crippen molar-refractivity contribution in [1.82, 2.24) is 9.58 Å². The number of amides is 1. The van der Waals surface area contributed by atoms with Gasteiger partial charge in [0, 0.05) is 29.5 Å². The highest BCUT2D eigenvalue weighted by molar-refractivity contribution is 7.98. The summed E-state index contributed by atoms with van der Waals surface area (Å²) < 4.78 is 22.7. The molecule has 0 radical (unpaired) electrons. The van der Waals surface area contributed by atoms with E-state index in [0.717, 1.165) is 27.2 Å². The predicted molar refractivity (Wildman–Crippen MR) is 155 cm³/mol. The number of carbonyl (C=O) groups excluding carboxylic acids is 2. The van der Waals surface area contributed by atoms with E-state index in [1.807, 2.05) is 18.2 Å². The molecule has 1 fully saturated rings. The molecule has 1 amide bonds. The van der Waals surface area contributed by atoms with Crippen LogP contribution in [0.1, 0.15) is 33.2 Å². The summed E-state index contributed by atoms with van der Waals surface area (Å²) in [5.41, 5.74) is 2.96. The topological polar surface area (TPSA) is 99.5 Å². The highest BCUT2D eigenvalue weighted by atomic mass is 32.2. The third kappa shape index (κ3) is 4.27. The summed E-state index contributed by atoms with van der Waals surface area (Å²) in [6, 6.07) is 22.0. The van der Waals surface area contributed by atoms with Crippen LogP contribution < -0.4 is 15.2 Å². The molecule has 0 aliphatic carbocycles. The first-order chi connectivity index (χ1) is 20.6. The van der Waals surface area contributed by atoms with Crippen molar-refractivity contribution in [2.75, 3.05) is 38.7 Å². The molecule has 0 N–H and O–H groups in total. The Balaban J connectivity index is 1.46. The van der Waals surface area contributed by atoms with Gasteiger partial charge in [0.1, 0.15) is 6.17 Å². The molecule has 3 aliphatic rings. The van der Waals surface area contributed by atoms with Gasteiger partial charge in [0.25, 0.3) is 5.91 Å². The van der Waals surface area contributed by atoms with Crippen LogP contribution in [0.2, 0.25) is 0 Å². The van der Waals surface area contributed by atoms with Crippen molar-refractivity contribution in [3.63, 3.8) is 0 Å². The summed E-state index contributed by atoms with van der Waals surface area (Å²) >= 11 is 1.78. The van der Waals surface area contributed by atoms with Gasteiger partial charge in [-0.15, -0.1) is 11.8 Å². The Bertz CT molecular complexity index is 1770. The SMILES string of the molecule is COC(=O)OCOc1c2n(ccc1=O)N([C@@H]1c3ccccc3SCc3c1ccc1ccccc31)[C@@H]1COCCN1C2=O. The summed E-state index contributed by atoms with van der Waals surface area (Å²) in [7, 11) is 1.17. The van der Waals surface area contributed by atoms with Crippen molar-refractivity contribution < 1.29 is 28.5 Å². The molecule has 1 aromatic heterocycles. The summed E-state index contributed by atoms with van der Waals surface area (Å²) in [5.74, 6) is 0.217. The summed E-state index contributed by atoms with van der Waals surface area (Å²) in [4.78, 5) is 41.5. The van der Waals surface area contributed by atoms with Gasteiger partial charge in [0.2, 0.25) is 18.0 Å². The van der Waals surface area contributed by atoms with Gasteiger partial charge >= 0.3 is 6.16 Å². The largest absolute Gasteiger partial charge is 0.510 e. The van der Waals surface area contributed by atoms with Gasteiger partial charge in [0.05, 0.1) is 26.4 Å². The molecular formula is C31H27N3O7S. The number of hydrogen-bond donors (Lipinski definition) is 0. The van der Waals surface area contributed by atoms with E-state index in [4.69, 9.17) is 14.2 Å². The highest BCUT2D eigenvalue weighted by Crippen LogP contribution is 2.46. The first-order valence-electron chi connectivity index (χ1n) is 13.6. The van der Waals surface area contributed by atoms with Gasteiger partial charge < -0.3 is 23.8 Å². The zero-order valence-electron chi connectivity index (χ0n) is 22.7. The van der Waals surface area contributed by atoms with E-state index in [1.165, 1.54) is 24.1 Å². The maximum Gasteiger partial charge on any atom is 0.510 e. The summed E-state index contributed by atoms with van der Waals surface area (Å²) in [5, 5.41) is 4.44. The standard InChI is InChI=1S/C31H27N3O7S/c1-38-31(37)41-18-40-29-24(35)12-13-33-28(29)30(36)32-14-15-39-16-26(32)34(33)27-21-11-10-19-6-2-3-7-20(19)23(21)17-42-25-9-5-4-8-22(25)27/h2-13,26-27H,14-18H2,1H3/t26-,27+/m1/s1. The quantitative estimate of drug-likeness (QED) is 0.257. The van der Waals surface area contributed by atoms with Crippen LogP contribution in [0.15, 0.2) is 82.6 Å². The molecule has 42 heavy (non-hydrogen) atoms. The first kappa shape index (κ1) is 26.4. The third-order valence-electron chi connectivity index (χ3n) is 7.92.